The maximum Gasteiger partial charge on any atom is 0.319 e. The van der Waals surface area contributed by atoms with E-state index in [2.05, 4.69) is 15.0 Å². The molecule has 1 atom stereocenters. The second kappa shape index (κ2) is 9.77. The van der Waals surface area contributed by atoms with E-state index in [1.807, 2.05) is 18.4 Å². The molecular formula is C26H22Cl2FN5O4. The molecule has 0 aliphatic carbocycles. The predicted octanol–water partition coefficient (Wildman–Crippen LogP) is 5.43. The van der Waals surface area contributed by atoms with E-state index in [-0.39, 0.29) is 33.7 Å². The lowest BCUT2D eigenvalue weighted by molar-refractivity contribution is 0.0993. The van der Waals surface area contributed by atoms with Crippen LogP contribution in [0.1, 0.15) is 47.5 Å². The Morgan fingerprint density at radius 3 is 2.50 bits per heavy atom. The van der Waals surface area contributed by atoms with E-state index in [0.717, 1.165) is 0 Å². The SMILES string of the molecule is COc1ncc(-c2cc3c(n2C(C)C)C(c2ccc(Cl)c(F)c2)N(c2cc(Cl)c[nH]c2=O)C3=O)c(OC)n1. The summed E-state index contributed by atoms with van der Waals surface area (Å²) >= 11 is 12.2. The third-order valence-electron chi connectivity index (χ3n) is 6.31. The van der Waals surface area contributed by atoms with Gasteiger partial charge in [0.25, 0.3) is 11.5 Å². The zero-order valence-electron chi connectivity index (χ0n) is 20.8. The van der Waals surface area contributed by atoms with E-state index >= 15 is 0 Å². The van der Waals surface area contributed by atoms with E-state index in [1.54, 1.807) is 18.3 Å². The van der Waals surface area contributed by atoms with Gasteiger partial charge in [-0.15, -0.1) is 0 Å². The normalized spacial score (nSPS) is 14.8. The Balaban J connectivity index is 1.81. The minimum absolute atomic E-state index is 0.0290. The number of methoxy groups -OCH3 is 2. The van der Waals surface area contributed by atoms with Crippen molar-refractivity contribution < 1.29 is 18.7 Å². The van der Waals surface area contributed by atoms with Crippen molar-refractivity contribution in [1.82, 2.24) is 19.5 Å². The van der Waals surface area contributed by atoms with Crippen LogP contribution in [0.2, 0.25) is 10.0 Å². The van der Waals surface area contributed by atoms with Crippen molar-refractivity contribution in [3.8, 4) is 23.1 Å². The molecule has 0 bridgehead atoms. The molecule has 4 aromatic rings. The largest absolute Gasteiger partial charge is 0.480 e. The number of carbonyl (C=O) groups excluding carboxylic acids is 1. The standard InChI is InChI=1S/C26H22Cl2FN5O4/c1-12(2)33-19(16-11-31-26(38-4)32-24(16)37-3)9-15-22(33)21(13-5-6-17(28)18(29)7-13)34(25(15)36)20-8-14(27)10-30-23(20)35/h5-12,21H,1-4H3,(H,30,35). The number of nitrogens with one attached hydrogen (secondary N) is 1. The van der Waals surface area contributed by atoms with Crippen LogP contribution in [0.15, 0.2) is 47.5 Å². The van der Waals surface area contributed by atoms with Crippen LogP contribution < -0.4 is 19.9 Å². The van der Waals surface area contributed by atoms with Crippen molar-refractivity contribution in [2.75, 3.05) is 19.1 Å². The number of ether oxygens (including phenoxy) is 2. The molecule has 1 aromatic carbocycles. The fraction of sp³-hybridized carbons (Fsp3) is 0.231. The molecule has 0 fully saturated rings. The number of anilines is 1. The van der Waals surface area contributed by atoms with Gasteiger partial charge in [-0.25, -0.2) is 9.37 Å². The highest BCUT2D eigenvalue weighted by molar-refractivity contribution is 6.31. The Labute approximate surface area is 226 Å². The number of rotatable bonds is 6. The summed E-state index contributed by atoms with van der Waals surface area (Å²) in [5.74, 6) is -0.861. The molecule has 196 valence electrons. The van der Waals surface area contributed by atoms with E-state index in [1.165, 1.54) is 43.5 Å². The first-order valence-electron chi connectivity index (χ1n) is 11.5. The first-order valence-corrected chi connectivity index (χ1v) is 12.3. The molecule has 1 amide bonds. The van der Waals surface area contributed by atoms with Gasteiger partial charge in [-0.1, -0.05) is 29.3 Å². The van der Waals surface area contributed by atoms with Crippen molar-refractivity contribution >= 4 is 34.8 Å². The van der Waals surface area contributed by atoms with E-state index in [0.29, 0.717) is 28.1 Å². The Morgan fingerprint density at radius 2 is 1.84 bits per heavy atom. The highest BCUT2D eigenvalue weighted by Crippen LogP contribution is 2.46. The number of carbonyl (C=O) groups is 1. The Morgan fingerprint density at radius 1 is 1.08 bits per heavy atom. The minimum atomic E-state index is -0.870. The first-order chi connectivity index (χ1) is 18.2. The molecule has 5 rings (SSSR count). The molecule has 1 N–H and O–H groups in total. The summed E-state index contributed by atoms with van der Waals surface area (Å²) in [6, 6.07) is 6.48. The summed E-state index contributed by atoms with van der Waals surface area (Å²) < 4.78 is 27.3. The van der Waals surface area contributed by atoms with Gasteiger partial charge in [0.05, 0.1) is 46.8 Å². The van der Waals surface area contributed by atoms with E-state index in [9.17, 15) is 14.0 Å². The summed E-state index contributed by atoms with van der Waals surface area (Å²) in [7, 11) is 2.92. The molecule has 0 radical (unpaired) electrons. The van der Waals surface area contributed by atoms with Gasteiger partial charge in [0, 0.05) is 18.4 Å². The summed E-state index contributed by atoms with van der Waals surface area (Å²) in [6.45, 7) is 3.89. The van der Waals surface area contributed by atoms with Crippen LogP contribution in [0.4, 0.5) is 10.1 Å². The molecular weight excluding hydrogens is 536 g/mol. The second-order valence-electron chi connectivity index (χ2n) is 8.86. The quantitative estimate of drug-likeness (QED) is 0.339. The molecule has 38 heavy (non-hydrogen) atoms. The number of pyridine rings is 1. The summed E-state index contributed by atoms with van der Waals surface area (Å²) in [4.78, 5) is 39.2. The molecule has 1 unspecified atom stereocenters. The van der Waals surface area contributed by atoms with Gasteiger partial charge < -0.3 is 19.0 Å². The Bertz CT molecular complexity index is 1630. The van der Waals surface area contributed by atoms with Gasteiger partial charge in [0.2, 0.25) is 5.88 Å². The van der Waals surface area contributed by atoms with Crippen LogP contribution in [-0.4, -0.2) is 39.6 Å². The highest BCUT2D eigenvalue weighted by Gasteiger charge is 2.44. The van der Waals surface area contributed by atoms with Crippen LogP contribution in [0, 0.1) is 5.82 Å². The maximum absolute atomic E-state index is 14.7. The van der Waals surface area contributed by atoms with Crippen LogP contribution in [0.25, 0.3) is 11.3 Å². The zero-order valence-corrected chi connectivity index (χ0v) is 22.3. The maximum atomic E-state index is 14.7. The Kier molecular flexibility index (Phi) is 6.62. The van der Waals surface area contributed by atoms with Gasteiger partial charge >= 0.3 is 6.01 Å². The number of hydrogen-bond acceptors (Lipinski definition) is 6. The number of nitrogens with zero attached hydrogens (tertiary/aromatic N) is 4. The van der Waals surface area contributed by atoms with Crippen molar-refractivity contribution in [2.24, 2.45) is 0 Å². The Hall–Kier alpha value is -3.89. The minimum Gasteiger partial charge on any atom is -0.480 e. The van der Waals surface area contributed by atoms with Gasteiger partial charge in [0.1, 0.15) is 17.5 Å². The second-order valence-corrected chi connectivity index (χ2v) is 9.70. The highest BCUT2D eigenvalue weighted by atomic mass is 35.5. The number of fused-ring (bicyclic) bond motifs is 1. The fourth-order valence-corrected chi connectivity index (χ4v) is 5.04. The zero-order chi connectivity index (χ0) is 27.3. The van der Waals surface area contributed by atoms with Crippen molar-refractivity contribution in [3.63, 3.8) is 0 Å². The first kappa shape index (κ1) is 25.7. The molecule has 9 nitrogen and oxygen atoms in total. The molecule has 0 spiro atoms. The number of hydrogen-bond donors (Lipinski definition) is 1. The summed E-state index contributed by atoms with van der Waals surface area (Å²) in [6.07, 6.45) is 2.88. The van der Waals surface area contributed by atoms with Gasteiger partial charge in [-0.3, -0.25) is 14.5 Å². The topological polar surface area (TPSA) is 102 Å². The number of aromatic nitrogens is 4. The third-order valence-corrected chi connectivity index (χ3v) is 6.83. The third kappa shape index (κ3) is 4.10. The molecule has 12 heteroatoms. The van der Waals surface area contributed by atoms with Crippen molar-refractivity contribution in [1.29, 1.82) is 0 Å². The monoisotopic (exact) mass is 557 g/mol. The number of H-pyrrole nitrogens is 1. The molecule has 1 aliphatic rings. The number of halogens is 3. The molecule has 3 aromatic heterocycles. The number of aromatic amines is 1. The van der Waals surface area contributed by atoms with Crippen molar-refractivity contribution in [3.05, 3.63) is 85.8 Å². The van der Waals surface area contributed by atoms with Crippen LogP contribution in [0.3, 0.4) is 0 Å². The predicted molar refractivity (Wildman–Crippen MR) is 141 cm³/mol. The molecule has 0 saturated heterocycles. The van der Waals surface area contributed by atoms with Gasteiger partial charge in [0.15, 0.2) is 0 Å². The van der Waals surface area contributed by atoms with Crippen LogP contribution in [-0.2, 0) is 0 Å². The van der Waals surface area contributed by atoms with Gasteiger partial charge in [-0.2, -0.15) is 4.98 Å². The smallest absolute Gasteiger partial charge is 0.319 e. The van der Waals surface area contributed by atoms with Crippen molar-refractivity contribution in [2.45, 2.75) is 25.9 Å². The molecule has 1 aliphatic heterocycles. The average molecular weight is 558 g/mol. The van der Waals surface area contributed by atoms with E-state index < -0.39 is 23.3 Å². The van der Waals surface area contributed by atoms with Gasteiger partial charge in [-0.05, 0) is 43.7 Å². The number of benzene rings is 1. The van der Waals surface area contributed by atoms with Crippen LogP contribution in [0.5, 0.6) is 11.9 Å². The lowest BCUT2D eigenvalue weighted by Crippen LogP contribution is -2.34. The van der Waals surface area contributed by atoms with Crippen LogP contribution >= 0.6 is 23.2 Å². The lowest BCUT2D eigenvalue weighted by Gasteiger charge is -2.28. The molecule has 0 saturated carbocycles. The average Bonchev–Trinajstić information content (AvgIpc) is 3.41. The summed E-state index contributed by atoms with van der Waals surface area (Å²) in [5.41, 5.74) is 1.94. The fourth-order valence-electron chi connectivity index (χ4n) is 4.77. The number of amides is 1. The molecule has 4 heterocycles. The summed E-state index contributed by atoms with van der Waals surface area (Å²) in [5, 5.41) is 0.169. The van der Waals surface area contributed by atoms with E-state index in [4.69, 9.17) is 32.7 Å². The lowest BCUT2D eigenvalue weighted by atomic mass is 10.0.